The molecule has 1 atom stereocenters. The van der Waals surface area contributed by atoms with E-state index in [2.05, 4.69) is 130 Å². The highest BCUT2D eigenvalue weighted by Gasteiger charge is 2.19. The standard InChI is InChI=1S/C76H130O6/c1-4-7-10-13-16-19-22-24-26-28-30-32-34-36-37-38-39-41-42-44-46-48-50-52-54-57-60-63-66-69-75(78)81-72-73(71-80-74(77)68-65-62-59-56-21-18-15-12-9-6-3)82-76(79)70-67-64-61-58-55-53-51-49-47-45-43-40-35-33-31-29-27-25-23-20-17-14-11-8-5-2/h7,10,16,19,24,26,29-32,36-37,39,41,44,46,50,52,73H,4-6,8-9,11-15,17-18,20-23,25,27-28,33-35,38,40,42-43,45,47-49,51,53-72H2,1-3H3/b10-7-,19-16-,26-24-,31-29-,32-30-,37-36-,41-39-,46-44-,52-50-. The fourth-order valence-corrected chi connectivity index (χ4v) is 9.81. The molecular weight excluding hydrogens is 1010 g/mol. The first-order chi connectivity index (χ1) is 40.5. The zero-order chi connectivity index (χ0) is 59.2. The van der Waals surface area contributed by atoms with Gasteiger partial charge < -0.3 is 14.2 Å². The second-order valence-electron chi connectivity index (χ2n) is 23.1. The van der Waals surface area contributed by atoms with Crippen LogP contribution < -0.4 is 0 Å². The van der Waals surface area contributed by atoms with Gasteiger partial charge in [0.2, 0.25) is 0 Å². The lowest BCUT2D eigenvalue weighted by Crippen LogP contribution is -2.30. The van der Waals surface area contributed by atoms with E-state index in [-0.39, 0.29) is 31.1 Å². The molecule has 470 valence electrons. The Morgan fingerprint density at radius 2 is 0.476 bits per heavy atom. The van der Waals surface area contributed by atoms with Crippen LogP contribution in [0, 0.1) is 0 Å². The molecule has 0 aliphatic carbocycles. The van der Waals surface area contributed by atoms with E-state index in [0.717, 1.165) is 122 Å². The molecule has 0 aromatic carbocycles. The van der Waals surface area contributed by atoms with Crippen LogP contribution in [0.25, 0.3) is 0 Å². The first-order valence-electron chi connectivity index (χ1n) is 34.9. The van der Waals surface area contributed by atoms with Gasteiger partial charge in [-0.1, -0.05) is 316 Å². The smallest absolute Gasteiger partial charge is 0.306 e. The van der Waals surface area contributed by atoms with Gasteiger partial charge in [0, 0.05) is 19.3 Å². The summed E-state index contributed by atoms with van der Waals surface area (Å²) in [7, 11) is 0. The van der Waals surface area contributed by atoms with Crippen LogP contribution in [0.1, 0.15) is 335 Å². The number of allylic oxidation sites excluding steroid dienone is 18. The van der Waals surface area contributed by atoms with Crippen molar-refractivity contribution < 1.29 is 28.6 Å². The molecule has 0 fully saturated rings. The molecule has 0 rings (SSSR count). The molecule has 0 amide bonds. The summed E-state index contributed by atoms with van der Waals surface area (Å²) < 4.78 is 16.9. The maximum Gasteiger partial charge on any atom is 0.306 e. The molecule has 6 heteroatoms. The Labute approximate surface area is 508 Å². The molecular formula is C76H130O6. The van der Waals surface area contributed by atoms with E-state index < -0.39 is 6.10 Å². The summed E-state index contributed by atoms with van der Waals surface area (Å²) in [5.41, 5.74) is 0. The second-order valence-corrected chi connectivity index (χ2v) is 23.1. The van der Waals surface area contributed by atoms with Crippen molar-refractivity contribution in [3.8, 4) is 0 Å². The summed E-state index contributed by atoms with van der Waals surface area (Å²) in [6.45, 7) is 6.52. The Morgan fingerprint density at radius 3 is 0.756 bits per heavy atom. The average Bonchev–Trinajstić information content (AvgIpc) is 3.48. The fraction of sp³-hybridized carbons (Fsp3) is 0.724. The number of unbranched alkanes of at least 4 members (excludes halogenated alkanes) is 34. The van der Waals surface area contributed by atoms with Crippen LogP contribution in [0.5, 0.6) is 0 Å². The quantitative estimate of drug-likeness (QED) is 0.0261. The predicted molar refractivity (Wildman–Crippen MR) is 357 cm³/mol. The SMILES string of the molecule is CC/C=C\C/C=C\C/C=C\C/C=C\C/C=C\C/C=C\C/C=C\C/C=C\CCCCCCC(=O)OCC(COC(=O)CCCCCCCCCCCC)OC(=O)CCCCCCCCCCCCCCC/C=C\CCCCCCCCCC. The third kappa shape index (κ3) is 66.9. The summed E-state index contributed by atoms with van der Waals surface area (Å²) in [6, 6.07) is 0. The van der Waals surface area contributed by atoms with Gasteiger partial charge in [-0.2, -0.15) is 0 Å². The topological polar surface area (TPSA) is 78.9 Å². The highest BCUT2D eigenvalue weighted by Crippen LogP contribution is 2.17. The van der Waals surface area contributed by atoms with Gasteiger partial charge in [0.1, 0.15) is 13.2 Å². The van der Waals surface area contributed by atoms with E-state index in [1.54, 1.807) is 0 Å². The molecule has 0 aromatic rings. The van der Waals surface area contributed by atoms with Gasteiger partial charge in [-0.25, -0.2) is 0 Å². The van der Waals surface area contributed by atoms with Gasteiger partial charge in [0.05, 0.1) is 0 Å². The van der Waals surface area contributed by atoms with Crippen LogP contribution in [0.3, 0.4) is 0 Å². The number of carbonyl (C=O) groups excluding carboxylic acids is 3. The molecule has 0 aliphatic heterocycles. The molecule has 0 aromatic heterocycles. The molecule has 82 heavy (non-hydrogen) atoms. The largest absolute Gasteiger partial charge is 0.462 e. The van der Waals surface area contributed by atoms with E-state index in [1.807, 2.05) is 0 Å². The Bertz CT molecular complexity index is 1640. The minimum atomic E-state index is -0.789. The molecule has 0 radical (unpaired) electrons. The number of carbonyl (C=O) groups is 3. The lowest BCUT2D eigenvalue weighted by molar-refractivity contribution is -0.167. The van der Waals surface area contributed by atoms with Crippen molar-refractivity contribution >= 4 is 17.9 Å². The van der Waals surface area contributed by atoms with Crippen molar-refractivity contribution in [1.29, 1.82) is 0 Å². The van der Waals surface area contributed by atoms with E-state index in [1.165, 1.54) is 173 Å². The monoisotopic (exact) mass is 1140 g/mol. The highest BCUT2D eigenvalue weighted by molar-refractivity contribution is 5.71. The lowest BCUT2D eigenvalue weighted by Gasteiger charge is -2.18. The van der Waals surface area contributed by atoms with Gasteiger partial charge >= 0.3 is 17.9 Å². The summed E-state index contributed by atoms with van der Waals surface area (Å²) in [4.78, 5) is 38.3. The predicted octanol–water partition coefficient (Wildman–Crippen LogP) is 24.2. The number of hydrogen-bond acceptors (Lipinski definition) is 6. The summed E-state index contributed by atoms with van der Waals surface area (Å²) in [5.74, 6) is -0.900. The first kappa shape index (κ1) is 78.1. The maximum absolute atomic E-state index is 12.9. The molecule has 0 bridgehead atoms. The minimum Gasteiger partial charge on any atom is -0.462 e. The maximum atomic E-state index is 12.9. The van der Waals surface area contributed by atoms with Gasteiger partial charge in [-0.3, -0.25) is 14.4 Å². The lowest BCUT2D eigenvalue weighted by atomic mass is 10.0. The van der Waals surface area contributed by atoms with Gasteiger partial charge in [-0.15, -0.1) is 0 Å². The first-order valence-corrected chi connectivity index (χ1v) is 34.9. The Kier molecular flexibility index (Phi) is 66.2. The normalized spacial score (nSPS) is 12.8. The van der Waals surface area contributed by atoms with Crippen LogP contribution in [-0.4, -0.2) is 37.2 Å². The van der Waals surface area contributed by atoms with Crippen molar-refractivity contribution in [2.75, 3.05) is 13.2 Å². The van der Waals surface area contributed by atoms with E-state index in [9.17, 15) is 14.4 Å². The Morgan fingerprint density at radius 1 is 0.256 bits per heavy atom. The van der Waals surface area contributed by atoms with Crippen LogP contribution >= 0.6 is 0 Å². The van der Waals surface area contributed by atoms with Crippen molar-refractivity contribution in [1.82, 2.24) is 0 Å². The highest BCUT2D eigenvalue weighted by atomic mass is 16.6. The van der Waals surface area contributed by atoms with Crippen molar-refractivity contribution in [2.24, 2.45) is 0 Å². The molecule has 0 N–H and O–H groups in total. The fourth-order valence-electron chi connectivity index (χ4n) is 9.81. The van der Waals surface area contributed by atoms with Gasteiger partial charge in [0.25, 0.3) is 0 Å². The molecule has 6 nitrogen and oxygen atoms in total. The third-order valence-corrected chi connectivity index (χ3v) is 15.0. The number of rotatable bonds is 63. The minimum absolute atomic E-state index is 0.0839. The summed E-state index contributed by atoms with van der Waals surface area (Å²) in [5, 5.41) is 0. The number of hydrogen-bond donors (Lipinski definition) is 0. The molecule has 0 heterocycles. The van der Waals surface area contributed by atoms with Crippen LogP contribution in [0.4, 0.5) is 0 Å². The van der Waals surface area contributed by atoms with E-state index in [4.69, 9.17) is 14.2 Å². The van der Waals surface area contributed by atoms with Crippen molar-refractivity contribution in [2.45, 2.75) is 341 Å². The summed E-state index contributed by atoms with van der Waals surface area (Å²) >= 11 is 0. The van der Waals surface area contributed by atoms with Crippen molar-refractivity contribution in [3.63, 3.8) is 0 Å². The van der Waals surface area contributed by atoms with Crippen molar-refractivity contribution in [3.05, 3.63) is 109 Å². The second kappa shape index (κ2) is 69.6. The van der Waals surface area contributed by atoms with E-state index >= 15 is 0 Å². The molecule has 0 spiro atoms. The zero-order valence-electron chi connectivity index (χ0n) is 54.0. The Balaban J connectivity index is 4.28. The molecule has 1 unspecified atom stereocenters. The molecule has 0 aliphatic rings. The van der Waals surface area contributed by atoms with Gasteiger partial charge in [0.15, 0.2) is 6.10 Å². The zero-order valence-corrected chi connectivity index (χ0v) is 54.0. The van der Waals surface area contributed by atoms with Crippen LogP contribution in [0.2, 0.25) is 0 Å². The number of ether oxygens (including phenoxy) is 3. The van der Waals surface area contributed by atoms with Crippen LogP contribution in [-0.2, 0) is 28.6 Å². The average molecular weight is 1140 g/mol. The summed E-state index contributed by atoms with van der Waals surface area (Å²) in [6.07, 6.45) is 95.5. The van der Waals surface area contributed by atoms with E-state index in [0.29, 0.717) is 19.3 Å². The van der Waals surface area contributed by atoms with Crippen LogP contribution in [0.15, 0.2) is 109 Å². The Hall–Kier alpha value is -3.93. The molecule has 0 saturated heterocycles. The third-order valence-electron chi connectivity index (χ3n) is 15.0. The number of esters is 3. The van der Waals surface area contributed by atoms with Gasteiger partial charge in [-0.05, 0) is 109 Å². The molecule has 0 saturated carbocycles.